The summed E-state index contributed by atoms with van der Waals surface area (Å²) in [5, 5.41) is 0. The highest BCUT2D eigenvalue weighted by Gasteiger charge is 2.14. The lowest BCUT2D eigenvalue weighted by Gasteiger charge is -2.19. The molecule has 0 atom stereocenters. The highest BCUT2D eigenvalue weighted by atomic mass is 16.5. The zero-order valence-electron chi connectivity index (χ0n) is 10.5. The molecule has 17 heavy (non-hydrogen) atoms. The van der Waals surface area contributed by atoms with Crippen molar-refractivity contribution < 1.29 is 9.53 Å². The average Bonchev–Trinajstić information content (AvgIpc) is 2.35. The zero-order chi connectivity index (χ0) is 12.3. The van der Waals surface area contributed by atoms with Crippen LogP contribution >= 0.6 is 0 Å². The first-order valence-electron chi connectivity index (χ1n) is 6.12. The summed E-state index contributed by atoms with van der Waals surface area (Å²) in [7, 11) is 3.48. The maximum Gasteiger partial charge on any atom is 0.259 e. The smallest absolute Gasteiger partial charge is 0.259 e. The van der Waals surface area contributed by atoms with Crippen LogP contribution in [0.15, 0.2) is 18.2 Å². The largest absolute Gasteiger partial charge is 0.483 e. The first-order valence-corrected chi connectivity index (χ1v) is 6.12. The van der Waals surface area contributed by atoms with E-state index in [4.69, 9.17) is 4.74 Å². The third-order valence-corrected chi connectivity index (χ3v) is 3.20. The van der Waals surface area contributed by atoms with Crippen LogP contribution in [0.5, 0.6) is 5.75 Å². The molecule has 0 radical (unpaired) electrons. The van der Waals surface area contributed by atoms with Gasteiger partial charge >= 0.3 is 0 Å². The Balaban J connectivity index is 2.08. The molecule has 1 aliphatic carbocycles. The summed E-state index contributed by atoms with van der Waals surface area (Å²) in [6, 6.07) is 6.14. The van der Waals surface area contributed by atoms with Crippen LogP contribution in [0.1, 0.15) is 24.0 Å². The minimum absolute atomic E-state index is 0.00147. The number of hydrogen-bond donors (Lipinski definition) is 0. The topological polar surface area (TPSA) is 29.5 Å². The quantitative estimate of drug-likeness (QED) is 0.799. The number of nitrogens with zero attached hydrogens (tertiary/aromatic N) is 1. The third-order valence-electron chi connectivity index (χ3n) is 3.20. The van der Waals surface area contributed by atoms with Crippen LogP contribution in [-0.2, 0) is 17.6 Å². The number of amides is 1. The van der Waals surface area contributed by atoms with Gasteiger partial charge in [0.15, 0.2) is 6.61 Å². The molecule has 1 aromatic carbocycles. The van der Waals surface area contributed by atoms with Crippen LogP contribution in [0.2, 0.25) is 0 Å². The van der Waals surface area contributed by atoms with Crippen LogP contribution < -0.4 is 4.74 Å². The zero-order valence-corrected chi connectivity index (χ0v) is 10.5. The van der Waals surface area contributed by atoms with Crippen LogP contribution in [0.3, 0.4) is 0 Å². The van der Waals surface area contributed by atoms with Crippen molar-refractivity contribution in [2.45, 2.75) is 25.7 Å². The van der Waals surface area contributed by atoms with Gasteiger partial charge in [0.2, 0.25) is 0 Å². The molecule has 1 amide bonds. The van der Waals surface area contributed by atoms with Crippen molar-refractivity contribution in [1.29, 1.82) is 0 Å². The van der Waals surface area contributed by atoms with E-state index in [-0.39, 0.29) is 12.5 Å². The Kier molecular flexibility index (Phi) is 3.67. The monoisotopic (exact) mass is 233 g/mol. The molecule has 92 valence electrons. The summed E-state index contributed by atoms with van der Waals surface area (Å²) in [5.41, 5.74) is 2.68. The highest BCUT2D eigenvalue weighted by Crippen LogP contribution is 2.29. The number of carbonyl (C=O) groups excluding carboxylic acids is 1. The van der Waals surface area contributed by atoms with E-state index in [2.05, 4.69) is 6.07 Å². The summed E-state index contributed by atoms with van der Waals surface area (Å²) in [6.45, 7) is 0.128. The molecular weight excluding hydrogens is 214 g/mol. The molecule has 3 nitrogen and oxygen atoms in total. The molecular formula is C14H19NO2. The lowest BCUT2D eigenvalue weighted by molar-refractivity contribution is -0.130. The van der Waals surface area contributed by atoms with E-state index in [9.17, 15) is 4.79 Å². The third kappa shape index (κ3) is 2.78. The molecule has 0 aromatic heterocycles. The van der Waals surface area contributed by atoms with Crippen molar-refractivity contribution in [3.8, 4) is 5.75 Å². The van der Waals surface area contributed by atoms with Crippen molar-refractivity contribution in [2.24, 2.45) is 0 Å². The molecule has 0 bridgehead atoms. The van der Waals surface area contributed by atoms with E-state index in [0.717, 1.165) is 18.6 Å². The Morgan fingerprint density at radius 3 is 2.82 bits per heavy atom. The number of carbonyl (C=O) groups is 1. The Morgan fingerprint density at radius 2 is 2.06 bits per heavy atom. The Hall–Kier alpha value is -1.51. The molecule has 1 aromatic rings. The molecule has 0 spiro atoms. The van der Waals surface area contributed by atoms with Gasteiger partial charge in [0.1, 0.15) is 5.75 Å². The van der Waals surface area contributed by atoms with Crippen LogP contribution in [0, 0.1) is 0 Å². The predicted octanol–water partition coefficient (Wildman–Crippen LogP) is 2.03. The normalized spacial score (nSPS) is 14.0. The van der Waals surface area contributed by atoms with Crippen LogP contribution in [-0.4, -0.2) is 31.5 Å². The summed E-state index contributed by atoms with van der Waals surface area (Å²) >= 11 is 0. The maximum atomic E-state index is 11.5. The molecule has 0 N–H and O–H groups in total. The van der Waals surface area contributed by atoms with Crippen molar-refractivity contribution in [1.82, 2.24) is 4.90 Å². The predicted molar refractivity (Wildman–Crippen MR) is 67.3 cm³/mol. The minimum Gasteiger partial charge on any atom is -0.483 e. The highest BCUT2D eigenvalue weighted by molar-refractivity contribution is 5.77. The molecule has 1 aliphatic rings. The van der Waals surface area contributed by atoms with Gasteiger partial charge in [-0.1, -0.05) is 12.1 Å². The van der Waals surface area contributed by atoms with Crippen molar-refractivity contribution >= 4 is 5.91 Å². The number of benzene rings is 1. The molecule has 2 rings (SSSR count). The van der Waals surface area contributed by atoms with E-state index in [1.807, 2.05) is 12.1 Å². The van der Waals surface area contributed by atoms with Gasteiger partial charge < -0.3 is 9.64 Å². The van der Waals surface area contributed by atoms with Gasteiger partial charge in [-0.25, -0.2) is 0 Å². The number of hydrogen-bond acceptors (Lipinski definition) is 2. The van der Waals surface area contributed by atoms with Gasteiger partial charge in [-0.05, 0) is 42.9 Å². The number of ether oxygens (including phenoxy) is 1. The summed E-state index contributed by atoms with van der Waals surface area (Å²) < 4.78 is 5.64. The van der Waals surface area contributed by atoms with E-state index >= 15 is 0 Å². The average molecular weight is 233 g/mol. The molecule has 0 saturated carbocycles. The number of aryl methyl sites for hydroxylation is 1. The van der Waals surface area contributed by atoms with Gasteiger partial charge in [-0.2, -0.15) is 0 Å². The van der Waals surface area contributed by atoms with Crippen molar-refractivity contribution in [3.05, 3.63) is 29.3 Å². The van der Waals surface area contributed by atoms with Crippen molar-refractivity contribution in [3.63, 3.8) is 0 Å². The molecule has 0 saturated heterocycles. The Bertz CT molecular complexity index is 413. The van der Waals surface area contributed by atoms with Crippen LogP contribution in [0.25, 0.3) is 0 Å². The first kappa shape index (κ1) is 12.0. The number of likely N-dealkylation sites (N-methyl/N-ethyl adjacent to an activating group) is 1. The van der Waals surface area contributed by atoms with Gasteiger partial charge in [0.05, 0.1) is 0 Å². The summed E-state index contributed by atoms with van der Waals surface area (Å²) in [5.74, 6) is 0.885. The second-order valence-electron chi connectivity index (χ2n) is 4.68. The van der Waals surface area contributed by atoms with E-state index < -0.39 is 0 Å². The molecule has 3 heteroatoms. The summed E-state index contributed by atoms with van der Waals surface area (Å²) in [6.07, 6.45) is 4.68. The fourth-order valence-corrected chi connectivity index (χ4v) is 2.15. The second kappa shape index (κ2) is 5.21. The van der Waals surface area contributed by atoms with Gasteiger partial charge in [-0.3, -0.25) is 4.79 Å². The Labute approximate surface area is 102 Å². The van der Waals surface area contributed by atoms with Gasteiger partial charge in [0.25, 0.3) is 5.91 Å². The van der Waals surface area contributed by atoms with E-state index in [1.165, 1.54) is 24.0 Å². The SMILES string of the molecule is CN(C)C(=O)COc1cccc2c1CCCC2. The molecule has 0 heterocycles. The van der Waals surface area contributed by atoms with Crippen molar-refractivity contribution in [2.75, 3.05) is 20.7 Å². The van der Waals surface area contributed by atoms with Gasteiger partial charge in [-0.15, -0.1) is 0 Å². The van der Waals surface area contributed by atoms with Crippen LogP contribution in [0.4, 0.5) is 0 Å². The first-order chi connectivity index (χ1) is 8.18. The fraction of sp³-hybridized carbons (Fsp3) is 0.500. The number of rotatable bonds is 3. The molecule has 0 fully saturated rings. The van der Waals surface area contributed by atoms with Gasteiger partial charge in [0, 0.05) is 14.1 Å². The maximum absolute atomic E-state index is 11.5. The standard InChI is InChI=1S/C14H19NO2/c1-15(2)14(16)10-17-13-9-5-7-11-6-3-4-8-12(11)13/h5,7,9H,3-4,6,8,10H2,1-2H3. The number of fused-ring (bicyclic) bond motifs is 1. The second-order valence-corrected chi connectivity index (χ2v) is 4.68. The summed E-state index contributed by atoms with van der Waals surface area (Å²) in [4.78, 5) is 13.0. The molecule has 0 aliphatic heterocycles. The lowest BCUT2D eigenvalue weighted by atomic mass is 9.91. The lowest BCUT2D eigenvalue weighted by Crippen LogP contribution is -2.27. The Morgan fingerprint density at radius 1 is 1.29 bits per heavy atom. The molecule has 0 unspecified atom stereocenters. The minimum atomic E-state index is -0.00147. The van der Waals surface area contributed by atoms with E-state index in [0.29, 0.717) is 0 Å². The van der Waals surface area contributed by atoms with E-state index in [1.54, 1.807) is 19.0 Å². The fourth-order valence-electron chi connectivity index (χ4n) is 2.15.